The number of likely N-dealkylation sites (tertiary alicyclic amines) is 1. The van der Waals surface area contributed by atoms with E-state index in [2.05, 4.69) is 15.1 Å². The van der Waals surface area contributed by atoms with Gasteiger partial charge in [-0.15, -0.1) is 10.2 Å². The minimum atomic E-state index is 0.0234. The summed E-state index contributed by atoms with van der Waals surface area (Å²) in [6, 6.07) is 0. The van der Waals surface area contributed by atoms with Crippen molar-refractivity contribution in [3.63, 3.8) is 0 Å². The number of hydrogen-bond donors (Lipinski definition) is 0. The summed E-state index contributed by atoms with van der Waals surface area (Å²) in [7, 11) is 0. The Hall–Kier alpha value is -0.980. The van der Waals surface area contributed by atoms with Gasteiger partial charge in [0, 0.05) is 44.7 Å². The maximum absolute atomic E-state index is 6.24. The molecule has 1 aromatic rings. The summed E-state index contributed by atoms with van der Waals surface area (Å²) >= 11 is 0. The average molecular weight is 319 g/mol. The fraction of sp³-hybridized carbons (Fsp3) is 0.882. The lowest BCUT2D eigenvalue weighted by Gasteiger charge is -2.27. The normalized spacial score (nSPS) is 35.7. The first-order valence-corrected chi connectivity index (χ1v) is 9.14. The Kier molecular flexibility index (Phi) is 3.64. The second kappa shape index (κ2) is 5.83. The molecule has 4 fully saturated rings. The first-order valence-electron chi connectivity index (χ1n) is 9.14. The van der Waals surface area contributed by atoms with E-state index < -0.39 is 0 Å². The van der Waals surface area contributed by atoms with Gasteiger partial charge in [-0.25, -0.2) is 0 Å². The van der Waals surface area contributed by atoms with Gasteiger partial charge in [0.25, 0.3) is 0 Å². The lowest BCUT2D eigenvalue weighted by molar-refractivity contribution is 0.0170. The molecule has 126 valence electrons. The zero-order valence-electron chi connectivity index (χ0n) is 13.5. The summed E-state index contributed by atoms with van der Waals surface area (Å²) in [4.78, 5) is 2.59. The molecular formula is C17H25N3O3. The molecule has 1 saturated carbocycles. The fourth-order valence-electron chi connectivity index (χ4n) is 4.32. The van der Waals surface area contributed by atoms with Crippen LogP contribution in [0.25, 0.3) is 0 Å². The summed E-state index contributed by atoms with van der Waals surface area (Å²) in [5.74, 6) is 3.47. The largest absolute Gasteiger partial charge is 0.422 e. The van der Waals surface area contributed by atoms with Crippen LogP contribution in [-0.2, 0) is 9.47 Å². The van der Waals surface area contributed by atoms with Crippen LogP contribution < -0.4 is 0 Å². The van der Waals surface area contributed by atoms with E-state index in [4.69, 9.17) is 13.9 Å². The highest BCUT2D eigenvalue weighted by Crippen LogP contribution is 2.43. The van der Waals surface area contributed by atoms with Crippen LogP contribution in [0.15, 0.2) is 4.42 Å². The van der Waals surface area contributed by atoms with Crippen LogP contribution in [0.2, 0.25) is 0 Å². The Bertz CT molecular complexity index is 539. The molecule has 3 aliphatic heterocycles. The van der Waals surface area contributed by atoms with Crippen LogP contribution in [0.4, 0.5) is 0 Å². The first kappa shape index (κ1) is 14.4. The van der Waals surface area contributed by atoms with Crippen LogP contribution in [-0.4, -0.2) is 54.0 Å². The van der Waals surface area contributed by atoms with Gasteiger partial charge in [0.2, 0.25) is 11.8 Å². The maximum Gasteiger partial charge on any atom is 0.245 e. The van der Waals surface area contributed by atoms with E-state index in [9.17, 15) is 0 Å². The van der Waals surface area contributed by atoms with Crippen molar-refractivity contribution in [1.82, 2.24) is 15.1 Å². The zero-order valence-corrected chi connectivity index (χ0v) is 13.5. The van der Waals surface area contributed by atoms with Crippen molar-refractivity contribution in [2.45, 2.75) is 50.2 Å². The summed E-state index contributed by atoms with van der Waals surface area (Å²) in [6.45, 7) is 5.29. The Labute approximate surface area is 136 Å². The molecule has 0 radical (unpaired) electrons. The maximum atomic E-state index is 6.24. The zero-order chi connectivity index (χ0) is 15.2. The molecular weight excluding hydrogens is 294 g/mol. The topological polar surface area (TPSA) is 60.6 Å². The van der Waals surface area contributed by atoms with Crippen molar-refractivity contribution < 1.29 is 13.9 Å². The van der Waals surface area contributed by atoms with Crippen LogP contribution in [0.1, 0.15) is 55.9 Å². The van der Waals surface area contributed by atoms with E-state index in [1.54, 1.807) is 0 Å². The van der Waals surface area contributed by atoms with Crippen molar-refractivity contribution in [2.75, 3.05) is 32.8 Å². The molecule has 0 bridgehead atoms. The molecule has 23 heavy (non-hydrogen) atoms. The molecule has 5 rings (SSSR count). The molecule has 0 spiro atoms. The average Bonchev–Trinajstić information content (AvgIpc) is 2.99. The smallest absolute Gasteiger partial charge is 0.245 e. The predicted molar refractivity (Wildman–Crippen MR) is 82.0 cm³/mol. The second-order valence-corrected chi connectivity index (χ2v) is 7.69. The highest BCUT2D eigenvalue weighted by atomic mass is 16.5. The highest BCUT2D eigenvalue weighted by molar-refractivity contribution is 5.03. The number of ether oxygens (including phenoxy) is 2. The van der Waals surface area contributed by atoms with E-state index in [1.165, 1.54) is 32.2 Å². The molecule has 0 unspecified atom stereocenters. The van der Waals surface area contributed by atoms with Gasteiger partial charge < -0.3 is 18.8 Å². The number of hydrogen-bond acceptors (Lipinski definition) is 6. The van der Waals surface area contributed by atoms with Crippen LogP contribution in [0.5, 0.6) is 0 Å². The minimum Gasteiger partial charge on any atom is -0.422 e. The van der Waals surface area contributed by atoms with Crippen molar-refractivity contribution in [3.05, 3.63) is 11.8 Å². The van der Waals surface area contributed by atoms with Gasteiger partial charge in [-0.05, 0) is 38.0 Å². The SMILES string of the molecule is C1CC(CN2C[C@H]3C[C@H](c4nnc(C5CC5)o4)O[C@H]3C2)CCO1. The van der Waals surface area contributed by atoms with E-state index in [0.29, 0.717) is 23.8 Å². The Balaban J connectivity index is 1.16. The summed E-state index contributed by atoms with van der Waals surface area (Å²) in [5.41, 5.74) is 0. The van der Waals surface area contributed by atoms with E-state index in [-0.39, 0.29) is 6.10 Å². The number of aromatic nitrogens is 2. The van der Waals surface area contributed by atoms with Crippen LogP contribution in [0.3, 0.4) is 0 Å². The molecule has 3 atom stereocenters. The third kappa shape index (κ3) is 2.92. The molecule has 0 N–H and O–H groups in total. The van der Waals surface area contributed by atoms with Gasteiger partial charge in [-0.2, -0.15) is 0 Å². The number of nitrogens with zero attached hydrogens (tertiary/aromatic N) is 3. The molecule has 0 amide bonds. The van der Waals surface area contributed by atoms with E-state index >= 15 is 0 Å². The fourth-order valence-corrected chi connectivity index (χ4v) is 4.32. The Morgan fingerprint density at radius 1 is 1.00 bits per heavy atom. The van der Waals surface area contributed by atoms with Gasteiger partial charge >= 0.3 is 0 Å². The van der Waals surface area contributed by atoms with Gasteiger partial charge in [-0.1, -0.05) is 0 Å². The number of fused-ring (bicyclic) bond motifs is 1. The van der Waals surface area contributed by atoms with E-state index in [1.807, 2.05) is 0 Å². The molecule has 1 aliphatic carbocycles. The molecule has 1 aromatic heterocycles. The van der Waals surface area contributed by atoms with Gasteiger partial charge in [0.15, 0.2) is 0 Å². The van der Waals surface area contributed by atoms with E-state index in [0.717, 1.165) is 44.5 Å². The van der Waals surface area contributed by atoms with Crippen LogP contribution >= 0.6 is 0 Å². The van der Waals surface area contributed by atoms with Gasteiger partial charge in [0.1, 0.15) is 6.10 Å². The lowest BCUT2D eigenvalue weighted by Crippen LogP contribution is -2.32. The first-order chi connectivity index (χ1) is 11.3. The highest BCUT2D eigenvalue weighted by Gasteiger charge is 2.44. The van der Waals surface area contributed by atoms with Crippen LogP contribution in [0, 0.1) is 11.8 Å². The van der Waals surface area contributed by atoms with Crippen molar-refractivity contribution in [1.29, 1.82) is 0 Å². The molecule has 4 aliphatic rings. The molecule has 0 aromatic carbocycles. The van der Waals surface area contributed by atoms with Crippen molar-refractivity contribution >= 4 is 0 Å². The summed E-state index contributed by atoms with van der Waals surface area (Å²) < 4.78 is 17.5. The third-order valence-corrected chi connectivity index (χ3v) is 5.83. The van der Waals surface area contributed by atoms with Gasteiger partial charge in [0.05, 0.1) is 6.10 Å². The van der Waals surface area contributed by atoms with Crippen molar-refractivity contribution in [3.8, 4) is 0 Å². The minimum absolute atomic E-state index is 0.0234. The second-order valence-electron chi connectivity index (χ2n) is 7.69. The molecule has 3 saturated heterocycles. The standard InChI is InChI=1S/C17H25N3O3/c1-2-12(1)16-18-19-17(23-16)14-7-13-9-20(10-15(13)22-14)8-11-3-5-21-6-4-11/h11-15H,1-10H2/t13-,14-,15+/m1/s1. The third-order valence-electron chi connectivity index (χ3n) is 5.83. The summed E-state index contributed by atoms with van der Waals surface area (Å²) in [5, 5.41) is 8.42. The molecule has 6 nitrogen and oxygen atoms in total. The lowest BCUT2D eigenvalue weighted by atomic mass is 9.99. The monoisotopic (exact) mass is 319 g/mol. The Morgan fingerprint density at radius 2 is 1.83 bits per heavy atom. The summed E-state index contributed by atoms with van der Waals surface area (Å²) in [6.07, 6.45) is 6.20. The predicted octanol–water partition coefficient (Wildman–Crippen LogP) is 2.14. The molecule has 6 heteroatoms. The Morgan fingerprint density at radius 3 is 2.61 bits per heavy atom. The molecule has 4 heterocycles. The van der Waals surface area contributed by atoms with Crippen molar-refractivity contribution in [2.24, 2.45) is 11.8 Å². The van der Waals surface area contributed by atoms with Gasteiger partial charge in [-0.3, -0.25) is 0 Å². The quantitative estimate of drug-likeness (QED) is 0.847. The number of rotatable bonds is 4.